The number of hydrogen-bond acceptors (Lipinski definition) is 3. The molecular weight excluding hydrogens is 261 g/mol. The van der Waals surface area contributed by atoms with Gasteiger partial charge in [0.15, 0.2) is 17.8 Å². The summed E-state index contributed by atoms with van der Waals surface area (Å²) in [6.45, 7) is 1.06. The number of carbonyl (C=O) groups excluding carboxylic acids is 2. The van der Waals surface area contributed by atoms with Crippen LogP contribution in [0.1, 0.15) is 27.6 Å². The molecular formula is C10H6ClF3O3. The van der Waals surface area contributed by atoms with Gasteiger partial charge < -0.3 is 4.74 Å². The summed E-state index contributed by atoms with van der Waals surface area (Å²) < 4.78 is 40.0. The third kappa shape index (κ3) is 3.20. The van der Waals surface area contributed by atoms with Crippen LogP contribution in [0.2, 0.25) is 5.02 Å². The number of Topliss-reactive ketones (excluding diaryl/α,β-unsaturated/α-hetero) is 1. The molecule has 0 bridgehead atoms. The summed E-state index contributed by atoms with van der Waals surface area (Å²) >= 11 is 5.56. The van der Waals surface area contributed by atoms with Gasteiger partial charge in [0, 0.05) is 5.56 Å². The van der Waals surface area contributed by atoms with Crippen molar-refractivity contribution >= 4 is 23.7 Å². The highest BCUT2D eigenvalue weighted by molar-refractivity contribution is 6.35. The Kier molecular flexibility index (Phi) is 3.77. The van der Waals surface area contributed by atoms with Crippen LogP contribution in [0, 0.1) is 0 Å². The van der Waals surface area contributed by atoms with Crippen molar-refractivity contribution in [3.8, 4) is 5.75 Å². The predicted molar refractivity (Wildman–Crippen MR) is 53.5 cm³/mol. The first-order chi connectivity index (χ1) is 7.76. The van der Waals surface area contributed by atoms with Crippen LogP contribution < -0.4 is 4.74 Å². The number of benzene rings is 1. The number of ether oxygens (including phenoxy) is 1. The molecule has 0 unspecified atom stereocenters. The van der Waals surface area contributed by atoms with Crippen molar-refractivity contribution in [1.29, 1.82) is 0 Å². The molecule has 0 atom stereocenters. The molecule has 7 heteroatoms. The highest BCUT2D eigenvalue weighted by Crippen LogP contribution is 2.35. The van der Waals surface area contributed by atoms with Crippen LogP contribution in [-0.4, -0.2) is 18.4 Å². The number of alkyl halides is 3. The third-order valence-corrected chi connectivity index (χ3v) is 2.24. The first kappa shape index (κ1) is 13.5. The van der Waals surface area contributed by atoms with Gasteiger partial charge in [0.25, 0.3) is 0 Å². The smallest absolute Gasteiger partial charge is 0.403 e. The molecule has 0 amide bonds. The van der Waals surface area contributed by atoms with Crippen LogP contribution >= 0.6 is 11.6 Å². The maximum Gasteiger partial charge on any atom is 0.573 e. The normalized spacial score (nSPS) is 11.1. The molecule has 0 aliphatic carbocycles. The fourth-order valence-electron chi connectivity index (χ4n) is 1.16. The SMILES string of the molecule is CC(=O)c1ccc(C=O)c(Cl)c1OC(F)(F)F. The molecule has 0 N–H and O–H groups in total. The topological polar surface area (TPSA) is 43.4 Å². The molecule has 3 nitrogen and oxygen atoms in total. The van der Waals surface area contributed by atoms with Crippen molar-refractivity contribution in [2.75, 3.05) is 0 Å². The largest absolute Gasteiger partial charge is 0.573 e. The summed E-state index contributed by atoms with van der Waals surface area (Å²) in [5, 5.41) is -0.537. The number of carbonyl (C=O) groups is 2. The lowest BCUT2D eigenvalue weighted by Gasteiger charge is -2.14. The van der Waals surface area contributed by atoms with Crippen molar-refractivity contribution in [3.63, 3.8) is 0 Å². The Bertz CT molecular complexity index is 469. The maximum atomic E-state index is 12.1. The lowest BCUT2D eigenvalue weighted by atomic mass is 10.1. The van der Waals surface area contributed by atoms with E-state index in [1.807, 2.05) is 0 Å². The molecule has 0 saturated heterocycles. The van der Waals surface area contributed by atoms with Gasteiger partial charge in [0.1, 0.15) is 0 Å². The molecule has 0 radical (unpaired) electrons. The van der Waals surface area contributed by atoms with Gasteiger partial charge in [-0.3, -0.25) is 9.59 Å². The number of rotatable bonds is 3. The summed E-state index contributed by atoms with van der Waals surface area (Å²) in [6.07, 6.45) is -4.72. The molecule has 1 aromatic carbocycles. The van der Waals surface area contributed by atoms with E-state index in [0.717, 1.165) is 19.1 Å². The lowest BCUT2D eigenvalue weighted by Crippen LogP contribution is -2.19. The van der Waals surface area contributed by atoms with Gasteiger partial charge in [-0.25, -0.2) is 0 Å². The Morgan fingerprint density at radius 3 is 2.41 bits per heavy atom. The van der Waals surface area contributed by atoms with Gasteiger partial charge in [-0.1, -0.05) is 11.6 Å². The molecule has 1 rings (SSSR count). The van der Waals surface area contributed by atoms with Gasteiger partial charge in [-0.05, 0) is 19.1 Å². The Labute approximate surface area is 99.1 Å². The molecule has 0 aliphatic rings. The lowest BCUT2D eigenvalue weighted by molar-refractivity contribution is -0.274. The Morgan fingerprint density at radius 1 is 1.41 bits per heavy atom. The van der Waals surface area contributed by atoms with Gasteiger partial charge in [0.05, 0.1) is 10.6 Å². The fraction of sp³-hybridized carbons (Fsp3) is 0.200. The Balaban J connectivity index is 3.40. The summed E-state index contributed by atoms with van der Waals surface area (Å²) in [4.78, 5) is 21.6. The second-order valence-corrected chi connectivity index (χ2v) is 3.45. The molecule has 0 aliphatic heterocycles. The molecule has 17 heavy (non-hydrogen) atoms. The first-order valence-electron chi connectivity index (χ1n) is 4.30. The zero-order valence-electron chi connectivity index (χ0n) is 8.47. The van der Waals surface area contributed by atoms with Crippen molar-refractivity contribution in [1.82, 2.24) is 0 Å². The minimum absolute atomic E-state index is 0.184. The first-order valence-corrected chi connectivity index (χ1v) is 4.68. The summed E-state index contributed by atoms with van der Waals surface area (Å²) in [6, 6.07) is 2.20. The van der Waals surface area contributed by atoms with Gasteiger partial charge >= 0.3 is 6.36 Å². The van der Waals surface area contributed by atoms with E-state index in [1.165, 1.54) is 0 Å². The molecule has 0 spiro atoms. The summed E-state index contributed by atoms with van der Waals surface area (Å²) in [5.74, 6) is -1.50. The highest BCUT2D eigenvalue weighted by atomic mass is 35.5. The van der Waals surface area contributed by atoms with Gasteiger partial charge in [0.2, 0.25) is 0 Å². The summed E-state index contributed by atoms with van der Waals surface area (Å²) in [7, 11) is 0. The van der Waals surface area contributed by atoms with Crippen LogP contribution in [0.25, 0.3) is 0 Å². The van der Waals surface area contributed by atoms with E-state index in [2.05, 4.69) is 4.74 Å². The molecule has 0 heterocycles. The zero-order valence-corrected chi connectivity index (χ0v) is 9.22. The fourth-order valence-corrected chi connectivity index (χ4v) is 1.40. The second kappa shape index (κ2) is 4.75. The minimum atomic E-state index is -4.99. The molecule has 0 saturated carbocycles. The van der Waals surface area contributed by atoms with Gasteiger partial charge in [-0.15, -0.1) is 13.2 Å². The number of aldehydes is 1. The van der Waals surface area contributed by atoms with Crippen LogP contribution in [0.3, 0.4) is 0 Å². The van der Waals surface area contributed by atoms with E-state index in [-0.39, 0.29) is 17.4 Å². The van der Waals surface area contributed by atoms with Crippen molar-refractivity contribution in [2.45, 2.75) is 13.3 Å². The molecule has 0 fully saturated rings. The Morgan fingerprint density at radius 2 is 2.00 bits per heavy atom. The average molecular weight is 267 g/mol. The van der Waals surface area contributed by atoms with E-state index in [0.29, 0.717) is 0 Å². The zero-order chi connectivity index (χ0) is 13.2. The average Bonchev–Trinajstić information content (AvgIpc) is 2.18. The quantitative estimate of drug-likeness (QED) is 0.623. The molecule has 0 aromatic heterocycles. The Hall–Kier alpha value is -1.56. The highest BCUT2D eigenvalue weighted by Gasteiger charge is 2.34. The van der Waals surface area contributed by atoms with E-state index < -0.39 is 22.9 Å². The van der Waals surface area contributed by atoms with Crippen LogP contribution in [0.5, 0.6) is 5.75 Å². The van der Waals surface area contributed by atoms with Crippen LogP contribution in [0.15, 0.2) is 12.1 Å². The number of hydrogen-bond donors (Lipinski definition) is 0. The predicted octanol–water partition coefficient (Wildman–Crippen LogP) is 3.25. The van der Waals surface area contributed by atoms with E-state index >= 15 is 0 Å². The summed E-state index contributed by atoms with van der Waals surface area (Å²) in [5.41, 5.74) is -0.520. The van der Waals surface area contributed by atoms with Crippen molar-refractivity contribution < 1.29 is 27.5 Å². The van der Waals surface area contributed by atoms with E-state index in [4.69, 9.17) is 11.6 Å². The van der Waals surface area contributed by atoms with E-state index in [9.17, 15) is 22.8 Å². The standard InChI is InChI=1S/C10H6ClF3O3/c1-5(16)7-3-2-6(4-15)8(11)9(7)17-10(12,13)14/h2-4H,1H3. The van der Waals surface area contributed by atoms with Crippen LogP contribution in [0.4, 0.5) is 13.2 Å². The van der Waals surface area contributed by atoms with Gasteiger partial charge in [-0.2, -0.15) is 0 Å². The molecule has 92 valence electrons. The van der Waals surface area contributed by atoms with Crippen LogP contribution in [-0.2, 0) is 0 Å². The maximum absolute atomic E-state index is 12.1. The third-order valence-electron chi connectivity index (χ3n) is 1.85. The monoisotopic (exact) mass is 266 g/mol. The number of halogens is 4. The van der Waals surface area contributed by atoms with Crippen molar-refractivity contribution in [3.05, 3.63) is 28.3 Å². The minimum Gasteiger partial charge on any atom is -0.403 e. The molecule has 1 aromatic rings. The van der Waals surface area contributed by atoms with Crippen molar-refractivity contribution in [2.24, 2.45) is 0 Å². The second-order valence-electron chi connectivity index (χ2n) is 3.07. The number of ketones is 1. The van der Waals surface area contributed by atoms with E-state index in [1.54, 1.807) is 0 Å².